The smallest absolute Gasteiger partial charge is 0.224 e. The molecule has 1 atom stereocenters. The molecule has 0 radical (unpaired) electrons. The Morgan fingerprint density at radius 3 is 2.63 bits per heavy atom. The highest BCUT2D eigenvalue weighted by molar-refractivity contribution is 6.00. The van der Waals surface area contributed by atoms with E-state index < -0.39 is 0 Å². The first-order valence-corrected chi connectivity index (χ1v) is 9.32. The van der Waals surface area contributed by atoms with E-state index in [4.69, 9.17) is 9.47 Å². The van der Waals surface area contributed by atoms with Gasteiger partial charge < -0.3 is 14.8 Å². The minimum atomic E-state index is -0.220. The van der Waals surface area contributed by atoms with E-state index in [1.165, 1.54) is 0 Å². The Morgan fingerprint density at radius 2 is 1.93 bits per heavy atom. The number of benzene rings is 2. The van der Waals surface area contributed by atoms with E-state index in [2.05, 4.69) is 5.32 Å². The van der Waals surface area contributed by atoms with Crippen molar-refractivity contribution in [2.45, 2.75) is 46.1 Å². The number of ether oxygens (including phenoxy) is 2. The predicted molar refractivity (Wildman–Crippen MR) is 105 cm³/mol. The van der Waals surface area contributed by atoms with Crippen LogP contribution >= 0.6 is 0 Å². The van der Waals surface area contributed by atoms with Gasteiger partial charge in [0.05, 0.1) is 12.3 Å². The number of aryl methyl sites for hydroxylation is 1. The molecule has 2 aromatic rings. The lowest BCUT2D eigenvalue weighted by atomic mass is 10.0. The Labute approximate surface area is 159 Å². The first-order chi connectivity index (χ1) is 13.0. The maximum absolute atomic E-state index is 12.4. The molecule has 0 bridgehead atoms. The first-order valence-electron chi connectivity index (χ1n) is 9.32. The van der Waals surface area contributed by atoms with Crippen LogP contribution in [0.5, 0.6) is 11.5 Å². The fraction of sp³-hybridized carbons (Fsp3) is 0.364. The SMILES string of the molecule is CCOc1cc2c(cc1NC(=O)CCC(=O)c1ccc(C)cc1)OC(C)C2. The number of hydrogen-bond acceptors (Lipinski definition) is 4. The van der Waals surface area contributed by atoms with Crippen LogP contribution < -0.4 is 14.8 Å². The number of rotatable bonds is 7. The van der Waals surface area contributed by atoms with Gasteiger partial charge in [-0.3, -0.25) is 9.59 Å². The van der Waals surface area contributed by atoms with E-state index in [9.17, 15) is 9.59 Å². The number of carbonyl (C=O) groups excluding carboxylic acids is 2. The van der Waals surface area contributed by atoms with Gasteiger partial charge in [-0.05, 0) is 26.8 Å². The zero-order chi connectivity index (χ0) is 19.4. The molecule has 5 heteroatoms. The topological polar surface area (TPSA) is 64.6 Å². The third kappa shape index (κ3) is 4.67. The van der Waals surface area contributed by atoms with Crippen molar-refractivity contribution in [3.63, 3.8) is 0 Å². The van der Waals surface area contributed by atoms with Crippen molar-refractivity contribution >= 4 is 17.4 Å². The lowest BCUT2D eigenvalue weighted by molar-refractivity contribution is -0.116. The third-order valence-corrected chi connectivity index (χ3v) is 4.52. The van der Waals surface area contributed by atoms with Gasteiger partial charge in [0.25, 0.3) is 0 Å². The van der Waals surface area contributed by atoms with Gasteiger partial charge >= 0.3 is 0 Å². The van der Waals surface area contributed by atoms with Gasteiger partial charge in [-0.2, -0.15) is 0 Å². The standard InChI is InChI=1S/C22H25NO4/c1-4-26-21-12-17-11-15(3)27-20(17)13-18(21)23-22(25)10-9-19(24)16-7-5-14(2)6-8-16/h5-8,12-13,15H,4,9-11H2,1-3H3,(H,23,25). The molecule has 1 unspecified atom stereocenters. The fourth-order valence-corrected chi connectivity index (χ4v) is 3.14. The summed E-state index contributed by atoms with van der Waals surface area (Å²) in [6, 6.07) is 11.1. The average molecular weight is 367 g/mol. The van der Waals surface area contributed by atoms with Crippen molar-refractivity contribution in [2.75, 3.05) is 11.9 Å². The number of amides is 1. The van der Waals surface area contributed by atoms with Gasteiger partial charge in [-0.25, -0.2) is 0 Å². The molecule has 0 saturated heterocycles. The minimum absolute atomic E-state index is 0.0405. The Balaban J connectivity index is 1.64. The van der Waals surface area contributed by atoms with Crippen LogP contribution in [0.4, 0.5) is 5.69 Å². The molecule has 1 amide bonds. The minimum Gasteiger partial charge on any atom is -0.492 e. The summed E-state index contributed by atoms with van der Waals surface area (Å²) in [5.74, 6) is 1.15. The van der Waals surface area contributed by atoms with E-state index in [0.717, 1.165) is 23.3 Å². The van der Waals surface area contributed by atoms with Crippen LogP contribution in [0.2, 0.25) is 0 Å². The molecule has 1 aliphatic rings. The Hall–Kier alpha value is -2.82. The summed E-state index contributed by atoms with van der Waals surface area (Å²) in [5.41, 5.74) is 3.39. The van der Waals surface area contributed by atoms with E-state index in [1.54, 1.807) is 12.1 Å². The molecule has 5 nitrogen and oxygen atoms in total. The van der Waals surface area contributed by atoms with Gasteiger partial charge in [0.15, 0.2) is 5.78 Å². The van der Waals surface area contributed by atoms with Crippen LogP contribution in [-0.4, -0.2) is 24.4 Å². The van der Waals surface area contributed by atoms with Crippen LogP contribution in [0.15, 0.2) is 36.4 Å². The second kappa shape index (κ2) is 8.25. The van der Waals surface area contributed by atoms with Crippen molar-refractivity contribution in [1.82, 2.24) is 0 Å². The summed E-state index contributed by atoms with van der Waals surface area (Å²) < 4.78 is 11.4. The molecule has 1 N–H and O–H groups in total. The molecule has 1 heterocycles. The molecule has 0 fully saturated rings. The van der Waals surface area contributed by atoms with Crippen LogP contribution in [-0.2, 0) is 11.2 Å². The predicted octanol–water partition coefficient (Wildman–Crippen LogP) is 4.32. The van der Waals surface area contributed by atoms with E-state index >= 15 is 0 Å². The maximum Gasteiger partial charge on any atom is 0.224 e. The number of nitrogens with one attached hydrogen (secondary N) is 1. The highest BCUT2D eigenvalue weighted by Crippen LogP contribution is 2.38. The van der Waals surface area contributed by atoms with Gasteiger partial charge in [-0.1, -0.05) is 29.8 Å². The Morgan fingerprint density at radius 1 is 1.19 bits per heavy atom. The zero-order valence-electron chi connectivity index (χ0n) is 16.0. The first kappa shape index (κ1) is 19.0. The van der Waals surface area contributed by atoms with Crippen LogP contribution in [0.1, 0.15) is 48.2 Å². The highest BCUT2D eigenvalue weighted by atomic mass is 16.5. The van der Waals surface area contributed by atoms with Crippen molar-refractivity contribution < 1.29 is 19.1 Å². The summed E-state index contributed by atoms with van der Waals surface area (Å²) in [4.78, 5) is 24.6. The Bertz CT molecular complexity index is 842. The average Bonchev–Trinajstić information content (AvgIpc) is 2.99. The Kier molecular flexibility index (Phi) is 5.79. The maximum atomic E-state index is 12.4. The molecule has 0 spiro atoms. The number of carbonyl (C=O) groups is 2. The molecular weight excluding hydrogens is 342 g/mol. The van der Waals surface area contributed by atoms with Crippen molar-refractivity contribution in [2.24, 2.45) is 0 Å². The monoisotopic (exact) mass is 367 g/mol. The number of ketones is 1. The number of Topliss-reactive ketones (excluding diaryl/α,β-unsaturated/α-hetero) is 1. The van der Waals surface area contributed by atoms with Gasteiger partial charge in [0, 0.05) is 36.5 Å². The zero-order valence-corrected chi connectivity index (χ0v) is 16.0. The second-order valence-electron chi connectivity index (χ2n) is 6.86. The third-order valence-electron chi connectivity index (χ3n) is 4.52. The lowest BCUT2D eigenvalue weighted by Crippen LogP contribution is -2.14. The van der Waals surface area contributed by atoms with Crippen molar-refractivity contribution in [3.8, 4) is 11.5 Å². The van der Waals surface area contributed by atoms with Gasteiger partial charge in [-0.15, -0.1) is 0 Å². The molecule has 27 heavy (non-hydrogen) atoms. The second-order valence-corrected chi connectivity index (χ2v) is 6.86. The number of anilines is 1. The molecule has 3 rings (SSSR count). The van der Waals surface area contributed by atoms with E-state index in [1.807, 2.05) is 45.0 Å². The van der Waals surface area contributed by atoms with E-state index in [-0.39, 0.29) is 30.6 Å². The van der Waals surface area contributed by atoms with Crippen LogP contribution in [0.25, 0.3) is 0 Å². The molecule has 0 aliphatic carbocycles. The van der Waals surface area contributed by atoms with Crippen LogP contribution in [0.3, 0.4) is 0 Å². The molecule has 2 aromatic carbocycles. The summed E-state index contributed by atoms with van der Waals surface area (Å²) in [7, 11) is 0. The lowest BCUT2D eigenvalue weighted by Gasteiger charge is -2.13. The number of fused-ring (bicyclic) bond motifs is 1. The van der Waals surface area contributed by atoms with Crippen LogP contribution in [0, 0.1) is 6.92 Å². The summed E-state index contributed by atoms with van der Waals surface area (Å²) in [6.45, 7) is 6.39. The molecule has 0 saturated carbocycles. The molecule has 1 aliphatic heterocycles. The number of hydrogen-bond donors (Lipinski definition) is 1. The summed E-state index contributed by atoms with van der Waals surface area (Å²) in [5, 5.41) is 2.86. The van der Waals surface area contributed by atoms with E-state index in [0.29, 0.717) is 23.6 Å². The highest BCUT2D eigenvalue weighted by Gasteiger charge is 2.22. The van der Waals surface area contributed by atoms with Crippen molar-refractivity contribution in [3.05, 3.63) is 53.1 Å². The quantitative estimate of drug-likeness (QED) is 0.740. The van der Waals surface area contributed by atoms with Crippen molar-refractivity contribution in [1.29, 1.82) is 0 Å². The normalized spacial score (nSPS) is 15.0. The molecule has 0 aromatic heterocycles. The van der Waals surface area contributed by atoms with Gasteiger partial charge in [0.2, 0.25) is 5.91 Å². The summed E-state index contributed by atoms with van der Waals surface area (Å²) in [6.07, 6.45) is 1.23. The van der Waals surface area contributed by atoms with Gasteiger partial charge in [0.1, 0.15) is 17.6 Å². The summed E-state index contributed by atoms with van der Waals surface area (Å²) >= 11 is 0. The molecular formula is C22H25NO4. The largest absolute Gasteiger partial charge is 0.492 e. The fourth-order valence-electron chi connectivity index (χ4n) is 3.14. The molecule has 142 valence electrons.